The fraction of sp³-hybridized carbons (Fsp3) is 0.588. The van der Waals surface area contributed by atoms with Crippen molar-refractivity contribution < 1.29 is 71.8 Å². The molecule has 3 aromatic rings. The van der Waals surface area contributed by atoms with E-state index in [0.29, 0.717) is 16.8 Å². The summed E-state index contributed by atoms with van der Waals surface area (Å²) < 4.78 is 50.1. The van der Waals surface area contributed by atoms with Gasteiger partial charge in [0.25, 0.3) is 15.6 Å². The van der Waals surface area contributed by atoms with Crippen molar-refractivity contribution in [3.05, 3.63) is 25.0 Å². The Labute approximate surface area is 211 Å². The number of phosphoric ester groups is 2. The van der Waals surface area contributed by atoms with Crippen molar-refractivity contribution in [1.29, 1.82) is 0 Å². The van der Waals surface area contributed by atoms with Crippen LogP contribution < -0.4 is 14.4 Å². The van der Waals surface area contributed by atoms with Crippen molar-refractivity contribution in [2.24, 2.45) is 0 Å². The van der Waals surface area contributed by atoms with Gasteiger partial charge in [0.15, 0.2) is 24.6 Å². The minimum absolute atomic E-state index is 0.306. The van der Waals surface area contributed by atoms with Crippen LogP contribution in [0.3, 0.4) is 0 Å². The zero-order valence-electron chi connectivity index (χ0n) is 18.9. The van der Waals surface area contributed by atoms with Crippen molar-refractivity contribution in [2.45, 2.75) is 49.1 Å². The number of nitrogens with zero attached hydrogens (tertiary/aromatic N) is 4. The van der Waals surface area contributed by atoms with E-state index in [-0.39, 0.29) is 0 Å². The van der Waals surface area contributed by atoms with Gasteiger partial charge in [-0.25, -0.2) is 13.9 Å². The predicted octanol–water partition coefficient (Wildman–Crippen LogP) is -4.46. The minimum atomic E-state index is -5.61. The normalized spacial score (nSPS) is 35.1. The van der Waals surface area contributed by atoms with Gasteiger partial charge in [0.2, 0.25) is 11.7 Å². The van der Waals surface area contributed by atoms with Gasteiger partial charge in [-0.05, 0) is 0 Å². The number of ether oxygens (including phenoxy) is 2. The molecule has 6 N–H and O–H groups in total. The quantitative estimate of drug-likeness (QED) is 0.102. The van der Waals surface area contributed by atoms with Gasteiger partial charge in [-0.2, -0.15) is 0 Å². The highest BCUT2D eigenvalue weighted by Gasteiger charge is 2.47. The highest BCUT2D eigenvalue weighted by Crippen LogP contribution is 2.56. The molecule has 2 saturated heterocycles. The summed E-state index contributed by atoms with van der Waals surface area (Å²) in [7, 11) is -11.2. The lowest BCUT2D eigenvalue weighted by Crippen LogP contribution is -2.45. The SMILES string of the molecule is O=P([O-])(OC[C@H]1O[C@@H](O)[C@H](O)[C@@H]1O)OP(=O)([O-])OC[C@H]1O[C@@H]([n+]2c[nH]c3c4nccn4cnc32)[C@H](O)[C@@H]1O. The van der Waals surface area contributed by atoms with Crippen LogP contribution in [0.25, 0.3) is 16.8 Å². The van der Waals surface area contributed by atoms with Gasteiger partial charge >= 0.3 is 5.65 Å². The number of phosphoric acid groups is 2. The van der Waals surface area contributed by atoms with Crippen LogP contribution in [0, 0.1) is 0 Å². The first kappa shape index (κ1) is 27.6. The van der Waals surface area contributed by atoms with E-state index in [4.69, 9.17) is 4.74 Å². The smallest absolute Gasteiger partial charge is 0.309 e. The highest BCUT2D eigenvalue weighted by molar-refractivity contribution is 7.59. The Bertz CT molecular complexity index is 1400. The van der Waals surface area contributed by atoms with Gasteiger partial charge < -0.3 is 53.8 Å². The number of imidazole rings is 2. The molecule has 5 rings (SSSR count). The molecule has 2 aliphatic heterocycles. The van der Waals surface area contributed by atoms with Crippen molar-refractivity contribution in [1.82, 2.24) is 19.4 Å². The number of hydrogen-bond donors (Lipinski definition) is 6. The standard InChI is InChI=1S/C17H23N5O14P2/c23-10-7(3-32-37(28,29)36-38(30,31)33-4-8-11(24)13(26)17(27)35-8)34-16(12(10)25)22-6-19-9-14-18-1-2-21(14)5-20-15(9)22/h1-2,5-8,10-13,16-17,23-27H,3-4H2,(H2,28,29,30,31)/p-1/t7-,8-,10-,11-,12-,13-,16-,17-/m1/s1. The molecular formula is C17H22N5O14P2-. The first-order chi connectivity index (χ1) is 17.9. The fourth-order valence-corrected chi connectivity index (χ4v) is 6.07. The van der Waals surface area contributed by atoms with Crippen LogP contribution >= 0.6 is 15.6 Å². The second-order valence-corrected chi connectivity index (χ2v) is 11.4. The molecule has 5 heterocycles. The van der Waals surface area contributed by atoms with Gasteiger partial charge in [0.05, 0.1) is 13.2 Å². The predicted molar refractivity (Wildman–Crippen MR) is 112 cm³/mol. The Morgan fingerprint density at radius 1 is 0.974 bits per heavy atom. The van der Waals surface area contributed by atoms with E-state index in [1.807, 2.05) is 0 Å². The first-order valence-corrected chi connectivity index (χ1v) is 13.8. The zero-order chi connectivity index (χ0) is 27.4. The number of rotatable bonds is 9. The fourth-order valence-electron chi connectivity index (χ4n) is 4.06. The number of hydrogen-bond acceptors (Lipinski definition) is 16. The second kappa shape index (κ2) is 10.2. The van der Waals surface area contributed by atoms with Crippen molar-refractivity contribution in [2.75, 3.05) is 13.2 Å². The first-order valence-electron chi connectivity index (χ1n) is 10.9. The molecule has 19 nitrogen and oxygen atoms in total. The molecule has 38 heavy (non-hydrogen) atoms. The lowest BCUT2D eigenvalue weighted by atomic mass is 10.1. The average Bonchev–Trinajstić information content (AvgIpc) is 3.60. The Hall–Kier alpha value is -1.93. The maximum absolute atomic E-state index is 12.1. The van der Waals surface area contributed by atoms with Crippen molar-refractivity contribution in [3.63, 3.8) is 0 Å². The number of fused-ring (bicyclic) bond motifs is 3. The molecule has 0 aliphatic carbocycles. The molecule has 21 heteroatoms. The molecule has 0 aromatic carbocycles. The van der Waals surface area contributed by atoms with Gasteiger partial charge in [-0.15, -0.1) is 0 Å². The van der Waals surface area contributed by atoms with Gasteiger partial charge in [-0.1, -0.05) is 4.98 Å². The lowest BCUT2D eigenvalue weighted by molar-refractivity contribution is -0.745. The number of nitrogens with one attached hydrogen (secondary N) is 1. The number of aromatic nitrogens is 5. The highest BCUT2D eigenvalue weighted by atomic mass is 31.3. The van der Waals surface area contributed by atoms with E-state index in [2.05, 4.69) is 33.0 Å². The van der Waals surface area contributed by atoms with Crippen LogP contribution in [0.15, 0.2) is 25.0 Å². The van der Waals surface area contributed by atoms with E-state index in [1.54, 1.807) is 16.8 Å². The lowest BCUT2D eigenvalue weighted by Gasteiger charge is -2.31. The van der Waals surface area contributed by atoms with Crippen LogP contribution in [0.1, 0.15) is 6.23 Å². The van der Waals surface area contributed by atoms with E-state index in [9.17, 15) is 44.4 Å². The van der Waals surface area contributed by atoms with Crippen LogP contribution in [-0.2, 0) is 32.0 Å². The monoisotopic (exact) mass is 582 g/mol. The molecule has 2 fully saturated rings. The van der Waals surface area contributed by atoms with Crippen LogP contribution in [0.2, 0.25) is 0 Å². The number of H-pyrrole nitrogens is 1. The Kier molecular flexibility index (Phi) is 7.44. The summed E-state index contributed by atoms with van der Waals surface area (Å²) in [6.07, 6.45) is -6.54. The minimum Gasteiger partial charge on any atom is -0.756 e. The third-order valence-corrected chi connectivity index (χ3v) is 8.49. The maximum atomic E-state index is 12.1. The van der Waals surface area contributed by atoms with Gasteiger partial charge in [0, 0.05) is 12.4 Å². The van der Waals surface area contributed by atoms with Crippen molar-refractivity contribution in [3.8, 4) is 0 Å². The molecule has 0 bridgehead atoms. The topological polar surface area (TPSA) is 277 Å². The Balaban J connectivity index is 1.19. The van der Waals surface area contributed by atoms with Crippen LogP contribution in [-0.4, -0.2) is 101 Å². The Morgan fingerprint density at radius 2 is 1.61 bits per heavy atom. The summed E-state index contributed by atoms with van der Waals surface area (Å²) in [5.41, 5.74) is 1.32. The number of aromatic amines is 1. The maximum Gasteiger partial charge on any atom is 0.309 e. The molecule has 0 spiro atoms. The molecule has 0 radical (unpaired) electrons. The summed E-state index contributed by atoms with van der Waals surface area (Å²) in [6, 6.07) is 0. The molecule has 2 unspecified atom stereocenters. The Morgan fingerprint density at radius 3 is 2.24 bits per heavy atom. The average molecular weight is 582 g/mol. The van der Waals surface area contributed by atoms with E-state index in [0.717, 1.165) is 0 Å². The molecule has 0 amide bonds. The van der Waals surface area contributed by atoms with Crippen molar-refractivity contribution >= 4 is 32.5 Å². The van der Waals surface area contributed by atoms with E-state index in [1.165, 1.54) is 17.2 Å². The molecule has 10 atom stereocenters. The second-order valence-electron chi connectivity index (χ2n) is 8.44. The molecule has 3 aromatic heterocycles. The van der Waals surface area contributed by atoms with E-state index >= 15 is 0 Å². The molecule has 0 saturated carbocycles. The third kappa shape index (κ3) is 5.27. The molecule has 210 valence electrons. The third-order valence-electron chi connectivity index (χ3n) is 5.96. The number of aliphatic hydroxyl groups is 5. The summed E-state index contributed by atoms with van der Waals surface area (Å²) in [6.45, 7) is -1.94. The molecule has 2 aliphatic rings. The summed E-state index contributed by atoms with van der Waals surface area (Å²) in [5, 5.41) is 49.2. The molecular weight excluding hydrogens is 560 g/mol. The summed E-state index contributed by atoms with van der Waals surface area (Å²) in [4.78, 5) is 35.4. The summed E-state index contributed by atoms with van der Waals surface area (Å²) >= 11 is 0. The van der Waals surface area contributed by atoms with E-state index < -0.39 is 78.0 Å². The van der Waals surface area contributed by atoms with Crippen LogP contribution in [0.5, 0.6) is 0 Å². The zero-order valence-corrected chi connectivity index (χ0v) is 20.7. The largest absolute Gasteiger partial charge is 0.756 e. The van der Waals surface area contributed by atoms with Gasteiger partial charge in [0.1, 0.15) is 36.6 Å². The van der Waals surface area contributed by atoms with Crippen LogP contribution in [0.4, 0.5) is 0 Å². The van der Waals surface area contributed by atoms with Gasteiger partial charge in [-0.3, -0.25) is 18.5 Å². The summed E-state index contributed by atoms with van der Waals surface area (Å²) in [5.74, 6) is 0. The number of aliphatic hydroxyl groups excluding tert-OH is 5.